The summed E-state index contributed by atoms with van der Waals surface area (Å²) in [7, 11) is 0. The molecule has 0 aromatic rings. The molecule has 3 fully saturated rings. The number of hydrogen-bond donors (Lipinski definition) is 0. The van der Waals surface area contributed by atoms with Crippen molar-refractivity contribution in [2.24, 2.45) is 35.0 Å². The average molecular weight is 319 g/mol. The van der Waals surface area contributed by atoms with Gasteiger partial charge in [0.2, 0.25) is 0 Å². The van der Waals surface area contributed by atoms with E-state index < -0.39 is 0 Å². The predicted molar refractivity (Wildman–Crippen MR) is 92.8 cm³/mol. The van der Waals surface area contributed by atoms with Gasteiger partial charge in [-0.3, -0.25) is 0 Å². The molecule has 124 valence electrons. The first-order chi connectivity index (χ1) is 11.7. The molecule has 7 atom stereocenters. The molecule has 2 nitrogen and oxygen atoms in total. The SMILES string of the molecule is C[C@H]1COC2=C3CN4C=CC(CC5C6CCC7[C@H](C)C657)=CC4C2=C31. The Kier molecular flexibility index (Phi) is 1.99. The monoisotopic (exact) mass is 319 g/mol. The minimum Gasteiger partial charge on any atom is -0.492 e. The standard InChI is InChI=1S/C22H25NO/c1-11-10-24-21-14-9-23-6-5-13(8-18(23)20(21)19(11)14)7-17-16-4-3-15-12(2)22(15,16)17/h5-6,8,11-12,15-18H,3-4,7,9-10H2,1-2H3/t11-,12-,15?,16?,17?,18?,22?/m0/s1. The van der Waals surface area contributed by atoms with Gasteiger partial charge in [-0.05, 0) is 65.6 Å². The number of allylic oxidation sites excluding steroid dienone is 2. The largest absolute Gasteiger partial charge is 0.492 e. The summed E-state index contributed by atoms with van der Waals surface area (Å²) in [5, 5.41) is 0. The molecule has 4 heterocycles. The van der Waals surface area contributed by atoms with Crippen molar-refractivity contribution >= 4 is 0 Å². The van der Waals surface area contributed by atoms with Crippen molar-refractivity contribution in [3.63, 3.8) is 0 Å². The molecule has 0 N–H and O–H groups in total. The smallest absolute Gasteiger partial charge is 0.130 e. The fraction of sp³-hybridized carbons (Fsp3) is 0.636. The summed E-state index contributed by atoms with van der Waals surface area (Å²) in [6.45, 7) is 6.78. The molecule has 0 amide bonds. The van der Waals surface area contributed by atoms with Crippen molar-refractivity contribution in [3.05, 3.63) is 46.4 Å². The molecule has 0 aromatic heterocycles. The third-order valence-corrected chi connectivity index (χ3v) is 8.78. The molecule has 3 saturated carbocycles. The highest BCUT2D eigenvalue weighted by Gasteiger charge is 2.84. The van der Waals surface area contributed by atoms with E-state index in [1.807, 2.05) is 0 Å². The van der Waals surface area contributed by atoms with Crippen LogP contribution < -0.4 is 0 Å². The summed E-state index contributed by atoms with van der Waals surface area (Å²) in [6.07, 6.45) is 11.7. The Bertz CT molecular complexity index is 814. The Morgan fingerprint density at radius 2 is 2.08 bits per heavy atom. The average Bonchev–Trinajstić information content (AvgIpc) is 3.32. The van der Waals surface area contributed by atoms with Gasteiger partial charge in [-0.2, -0.15) is 0 Å². The van der Waals surface area contributed by atoms with Gasteiger partial charge >= 0.3 is 0 Å². The fourth-order valence-electron chi connectivity index (χ4n) is 7.74. The zero-order chi connectivity index (χ0) is 15.8. The van der Waals surface area contributed by atoms with Gasteiger partial charge in [0, 0.05) is 29.8 Å². The Labute approximate surface area is 143 Å². The van der Waals surface area contributed by atoms with Gasteiger partial charge in [-0.1, -0.05) is 19.9 Å². The highest BCUT2D eigenvalue weighted by atomic mass is 16.5. The number of fused-ring (bicyclic) bond motifs is 3. The van der Waals surface area contributed by atoms with E-state index in [0.717, 1.165) is 42.2 Å². The highest BCUT2D eigenvalue weighted by Crippen LogP contribution is 2.89. The normalized spacial score (nSPS) is 51.4. The lowest BCUT2D eigenvalue weighted by atomic mass is 9.70. The van der Waals surface area contributed by atoms with Crippen LogP contribution >= 0.6 is 0 Å². The molecule has 0 saturated heterocycles. The van der Waals surface area contributed by atoms with Gasteiger partial charge in [0.25, 0.3) is 0 Å². The lowest BCUT2D eigenvalue weighted by Gasteiger charge is -2.51. The van der Waals surface area contributed by atoms with E-state index in [1.165, 1.54) is 36.2 Å². The maximum atomic E-state index is 6.04. The van der Waals surface area contributed by atoms with Crippen molar-refractivity contribution in [1.82, 2.24) is 4.90 Å². The molecule has 0 radical (unpaired) electrons. The van der Waals surface area contributed by atoms with Gasteiger partial charge < -0.3 is 9.64 Å². The quantitative estimate of drug-likeness (QED) is 0.762. The van der Waals surface area contributed by atoms with Gasteiger partial charge in [0.05, 0.1) is 12.6 Å². The van der Waals surface area contributed by atoms with E-state index in [-0.39, 0.29) is 0 Å². The summed E-state index contributed by atoms with van der Waals surface area (Å²) >= 11 is 0. The van der Waals surface area contributed by atoms with Crippen LogP contribution in [0.15, 0.2) is 46.4 Å². The van der Waals surface area contributed by atoms with Crippen LogP contribution in [0.1, 0.15) is 33.1 Å². The second kappa shape index (κ2) is 3.71. The number of ether oxygens (including phenoxy) is 1. The topological polar surface area (TPSA) is 12.5 Å². The lowest BCUT2D eigenvalue weighted by Crippen LogP contribution is -2.49. The molecule has 8 rings (SSSR count). The summed E-state index contributed by atoms with van der Waals surface area (Å²) in [6, 6.07) is 0.457. The van der Waals surface area contributed by atoms with Crippen molar-refractivity contribution in [3.8, 4) is 0 Å². The van der Waals surface area contributed by atoms with Crippen LogP contribution in [0, 0.1) is 35.0 Å². The Morgan fingerprint density at radius 1 is 1.21 bits per heavy atom. The Balaban J connectivity index is 1.19. The van der Waals surface area contributed by atoms with Gasteiger partial charge in [-0.25, -0.2) is 0 Å². The first kappa shape index (κ1) is 12.9. The van der Waals surface area contributed by atoms with Crippen LogP contribution in [0.25, 0.3) is 0 Å². The molecule has 4 bridgehead atoms. The van der Waals surface area contributed by atoms with Gasteiger partial charge in [0.15, 0.2) is 0 Å². The van der Waals surface area contributed by atoms with E-state index in [2.05, 4.69) is 37.1 Å². The first-order valence-electron chi connectivity index (χ1n) is 9.96. The third kappa shape index (κ3) is 1.18. The summed E-state index contributed by atoms with van der Waals surface area (Å²) in [5.41, 5.74) is 7.05. The van der Waals surface area contributed by atoms with E-state index in [4.69, 9.17) is 4.74 Å². The minimum absolute atomic E-state index is 0.457. The molecular weight excluding hydrogens is 294 g/mol. The Morgan fingerprint density at radius 3 is 2.88 bits per heavy atom. The van der Waals surface area contributed by atoms with Crippen LogP contribution in [0.4, 0.5) is 0 Å². The lowest BCUT2D eigenvalue weighted by molar-refractivity contribution is 0.131. The minimum atomic E-state index is 0.457. The highest BCUT2D eigenvalue weighted by molar-refractivity contribution is 5.66. The van der Waals surface area contributed by atoms with Crippen molar-refractivity contribution in [2.75, 3.05) is 13.2 Å². The summed E-state index contributed by atoms with van der Waals surface area (Å²) in [5.74, 6) is 6.03. The summed E-state index contributed by atoms with van der Waals surface area (Å²) < 4.78 is 6.04. The molecule has 0 aromatic carbocycles. The van der Waals surface area contributed by atoms with Crippen molar-refractivity contribution in [1.29, 1.82) is 0 Å². The zero-order valence-electron chi connectivity index (χ0n) is 14.6. The van der Waals surface area contributed by atoms with Crippen LogP contribution in [-0.4, -0.2) is 24.1 Å². The summed E-state index contributed by atoms with van der Waals surface area (Å²) in [4.78, 5) is 2.51. The molecule has 1 spiro atoms. The molecule has 2 heteroatoms. The maximum Gasteiger partial charge on any atom is 0.130 e. The maximum absolute atomic E-state index is 6.04. The molecule has 8 aliphatic rings. The number of hydrogen-bond acceptors (Lipinski definition) is 2. The second-order valence-electron chi connectivity index (χ2n) is 9.41. The predicted octanol–water partition coefficient (Wildman–Crippen LogP) is 4.04. The zero-order valence-corrected chi connectivity index (χ0v) is 14.6. The van der Waals surface area contributed by atoms with Gasteiger partial charge in [0.1, 0.15) is 5.76 Å². The van der Waals surface area contributed by atoms with Crippen LogP contribution in [-0.2, 0) is 4.74 Å². The van der Waals surface area contributed by atoms with Crippen LogP contribution in [0.5, 0.6) is 0 Å². The van der Waals surface area contributed by atoms with E-state index in [0.29, 0.717) is 12.0 Å². The van der Waals surface area contributed by atoms with E-state index in [1.54, 1.807) is 11.1 Å². The molecule has 4 aliphatic carbocycles. The van der Waals surface area contributed by atoms with Crippen LogP contribution in [0.2, 0.25) is 0 Å². The van der Waals surface area contributed by atoms with E-state index in [9.17, 15) is 0 Å². The molecule has 4 aliphatic heterocycles. The van der Waals surface area contributed by atoms with Gasteiger partial charge in [-0.15, -0.1) is 0 Å². The Hall–Kier alpha value is -1.44. The van der Waals surface area contributed by atoms with Crippen molar-refractivity contribution < 1.29 is 4.74 Å². The third-order valence-electron chi connectivity index (χ3n) is 8.78. The molecular formula is C22H25NO. The fourth-order valence-corrected chi connectivity index (χ4v) is 7.74. The van der Waals surface area contributed by atoms with E-state index >= 15 is 0 Å². The molecule has 24 heavy (non-hydrogen) atoms. The number of nitrogens with zero attached hydrogens (tertiary/aromatic N) is 1. The molecule has 5 unspecified atom stereocenters. The second-order valence-corrected chi connectivity index (χ2v) is 9.41. The van der Waals surface area contributed by atoms with Crippen LogP contribution in [0.3, 0.4) is 0 Å². The first-order valence-corrected chi connectivity index (χ1v) is 9.96. The number of rotatable bonds is 2. The van der Waals surface area contributed by atoms with Crippen molar-refractivity contribution in [2.45, 2.75) is 39.2 Å².